The van der Waals surface area contributed by atoms with Crippen molar-refractivity contribution in [2.24, 2.45) is 0 Å². The standard InChI is InChI=1S/C59H98O5/c1-3-5-7-9-11-13-15-17-19-21-23-24-25-26-27-28-29-30-31-32-33-34-36-38-40-42-44-46-48-50-52-54-59(62)64-57(55-60)56-63-58(61)53-51-49-47-45-43-41-39-37-35-22-20-18-16-14-12-10-8-6-4-2/h5,7,11,13,17,19,23-24,26-27,29-30,32-33,36,38,42,44,57,60H,3-4,6,8-10,12,14-16,18,20-22,25,28,31,34-35,37,39-41,43,45-56H2,1-2H3/b7-5-,13-11-,19-17-,24-23-,27-26-,30-29-,33-32-,38-36-,44-42-. The summed E-state index contributed by atoms with van der Waals surface area (Å²) in [6.45, 7) is 4.01. The monoisotopic (exact) mass is 887 g/mol. The molecule has 0 aromatic carbocycles. The van der Waals surface area contributed by atoms with Gasteiger partial charge in [0.25, 0.3) is 0 Å². The lowest BCUT2D eigenvalue weighted by molar-refractivity contribution is -0.161. The van der Waals surface area contributed by atoms with Crippen LogP contribution in [0.5, 0.6) is 0 Å². The molecule has 5 heteroatoms. The van der Waals surface area contributed by atoms with E-state index in [1.54, 1.807) is 0 Å². The highest BCUT2D eigenvalue weighted by molar-refractivity contribution is 5.70. The van der Waals surface area contributed by atoms with Crippen LogP contribution >= 0.6 is 0 Å². The van der Waals surface area contributed by atoms with Crippen molar-refractivity contribution in [2.75, 3.05) is 13.2 Å². The predicted molar refractivity (Wildman–Crippen MR) is 279 cm³/mol. The van der Waals surface area contributed by atoms with E-state index in [0.29, 0.717) is 12.8 Å². The molecule has 0 saturated carbocycles. The minimum absolute atomic E-state index is 0.0833. The third kappa shape index (κ3) is 51.2. The zero-order valence-electron chi connectivity index (χ0n) is 41.5. The van der Waals surface area contributed by atoms with Gasteiger partial charge in [0.05, 0.1) is 6.61 Å². The molecule has 0 aliphatic rings. The molecule has 1 unspecified atom stereocenters. The van der Waals surface area contributed by atoms with Crippen LogP contribution in [-0.4, -0.2) is 36.4 Å². The molecule has 0 rings (SSSR count). The maximum Gasteiger partial charge on any atom is 0.306 e. The van der Waals surface area contributed by atoms with Crippen LogP contribution in [0.15, 0.2) is 109 Å². The molecule has 0 spiro atoms. The molecule has 1 N–H and O–H groups in total. The summed E-state index contributed by atoms with van der Waals surface area (Å²) in [6, 6.07) is 0. The van der Waals surface area contributed by atoms with Crippen molar-refractivity contribution in [3.63, 3.8) is 0 Å². The zero-order chi connectivity index (χ0) is 46.3. The van der Waals surface area contributed by atoms with Gasteiger partial charge in [-0.25, -0.2) is 0 Å². The third-order valence-electron chi connectivity index (χ3n) is 11.1. The molecule has 0 aromatic rings. The fourth-order valence-corrected chi connectivity index (χ4v) is 7.14. The van der Waals surface area contributed by atoms with Gasteiger partial charge in [-0.1, -0.05) is 245 Å². The predicted octanol–water partition coefficient (Wildman–Crippen LogP) is 17.7. The van der Waals surface area contributed by atoms with Gasteiger partial charge in [-0.2, -0.15) is 0 Å². The molecule has 0 fully saturated rings. The zero-order valence-corrected chi connectivity index (χ0v) is 41.5. The van der Waals surface area contributed by atoms with E-state index >= 15 is 0 Å². The lowest BCUT2D eigenvalue weighted by atomic mass is 10.0. The number of unbranched alkanes of at least 4 members (excludes halogenated alkanes) is 21. The van der Waals surface area contributed by atoms with Gasteiger partial charge < -0.3 is 14.6 Å². The number of aliphatic hydroxyl groups excluding tert-OH is 1. The molecule has 0 aromatic heterocycles. The van der Waals surface area contributed by atoms with Gasteiger partial charge in [-0.3, -0.25) is 9.59 Å². The largest absolute Gasteiger partial charge is 0.462 e. The summed E-state index contributed by atoms with van der Waals surface area (Å²) in [4.78, 5) is 24.5. The Kier molecular flexibility index (Phi) is 51.0. The Morgan fingerprint density at radius 1 is 0.375 bits per heavy atom. The maximum atomic E-state index is 12.3. The molecule has 0 amide bonds. The summed E-state index contributed by atoms with van der Waals surface area (Å²) in [5, 5.41) is 9.63. The average Bonchev–Trinajstić information content (AvgIpc) is 3.30. The highest BCUT2D eigenvalue weighted by atomic mass is 16.6. The highest BCUT2D eigenvalue weighted by Gasteiger charge is 2.16. The number of hydrogen-bond acceptors (Lipinski definition) is 5. The quantitative estimate of drug-likeness (QED) is 0.0374. The Bertz CT molecular complexity index is 1280. The molecule has 0 heterocycles. The molecular weight excluding hydrogens is 789 g/mol. The second-order valence-corrected chi connectivity index (χ2v) is 17.2. The Hall–Kier alpha value is -3.44. The number of ether oxygens (including phenoxy) is 2. The Morgan fingerprint density at radius 3 is 1.02 bits per heavy atom. The van der Waals surface area contributed by atoms with Gasteiger partial charge in [0, 0.05) is 12.8 Å². The van der Waals surface area contributed by atoms with Crippen molar-refractivity contribution in [1.82, 2.24) is 0 Å². The van der Waals surface area contributed by atoms with Gasteiger partial charge in [0.15, 0.2) is 6.10 Å². The minimum atomic E-state index is -0.796. The van der Waals surface area contributed by atoms with Gasteiger partial charge in [0.1, 0.15) is 6.61 Å². The van der Waals surface area contributed by atoms with Crippen LogP contribution in [0.4, 0.5) is 0 Å². The van der Waals surface area contributed by atoms with Crippen molar-refractivity contribution >= 4 is 11.9 Å². The van der Waals surface area contributed by atoms with E-state index in [2.05, 4.69) is 123 Å². The van der Waals surface area contributed by atoms with Crippen LogP contribution in [0.1, 0.15) is 232 Å². The summed E-state index contributed by atoms with van der Waals surface area (Å²) >= 11 is 0. The molecule has 0 aliphatic carbocycles. The van der Waals surface area contributed by atoms with E-state index in [9.17, 15) is 14.7 Å². The summed E-state index contributed by atoms with van der Waals surface area (Å²) in [6.07, 6.45) is 77.5. The fourth-order valence-electron chi connectivity index (χ4n) is 7.14. The van der Waals surface area contributed by atoms with Gasteiger partial charge in [-0.15, -0.1) is 0 Å². The topological polar surface area (TPSA) is 72.8 Å². The van der Waals surface area contributed by atoms with Gasteiger partial charge >= 0.3 is 11.9 Å². The van der Waals surface area contributed by atoms with Crippen molar-refractivity contribution in [1.29, 1.82) is 0 Å². The number of rotatable bonds is 47. The number of carbonyl (C=O) groups excluding carboxylic acids is 2. The van der Waals surface area contributed by atoms with E-state index in [0.717, 1.165) is 103 Å². The lowest BCUT2D eigenvalue weighted by Crippen LogP contribution is -2.28. The number of allylic oxidation sites excluding steroid dienone is 18. The fraction of sp³-hybridized carbons (Fsp3) is 0.661. The summed E-state index contributed by atoms with van der Waals surface area (Å²) in [7, 11) is 0. The highest BCUT2D eigenvalue weighted by Crippen LogP contribution is 2.15. The van der Waals surface area contributed by atoms with Crippen LogP contribution in [0.3, 0.4) is 0 Å². The van der Waals surface area contributed by atoms with Crippen molar-refractivity contribution < 1.29 is 24.2 Å². The smallest absolute Gasteiger partial charge is 0.306 e. The Labute approximate surface area is 395 Å². The van der Waals surface area contributed by atoms with Crippen molar-refractivity contribution in [2.45, 2.75) is 238 Å². The van der Waals surface area contributed by atoms with Crippen LogP contribution in [0, 0.1) is 0 Å². The second-order valence-electron chi connectivity index (χ2n) is 17.2. The van der Waals surface area contributed by atoms with Gasteiger partial charge in [-0.05, 0) is 83.5 Å². The van der Waals surface area contributed by atoms with E-state index < -0.39 is 6.10 Å². The third-order valence-corrected chi connectivity index (χ3v) is 11.1. The van der Waals surface area contributed by atoms with Crippen LogP contribution in [-0.2, 0) is 19.1 Å². The number of aliphatic hydroxyl groups is 1. The molecule has 364 valence electrons. The first-order valence-corrected chi connectivity index (χ1v) is 26.4. The number of carbonyl (C=O) groups is 2. The molecule has 64 heavy (non-hydrogen) atoms. The Balaban J connectivity index is 3.64. The van der Waals surface area contributed by atoms with E-state index in [-0.39, 0.29) is 25.2 Å². The van der Waals surface area contributed by atoms with E-state index in [4.69, 9.17) is 9.47 Å². The van der Waals surface area contributed by atoms with Crippen molar-refractivity contribution in [3.8, 4) is 0 Å². The summed E-state index contributed by atoms with van der Waals surface area (Å²) in [5.74, 6) is -0.629. The second kappa shape index (κ2) is 53.9. The maximum absolute atomic E-state index is 12.3. The van der Waals surface area contributed by atoms with E-state index in [1.807, 2.05) is 0 Å². The lowest BCUT2D eigenvalue weighted by Gasteiger charge is -2.15. The first-order chi connectivity index (χ1) is 31.6. The molecule has 5 nitrogen and oxygen atoms in total. The minimum Gasteiger partial charge on any atom is -0.462 e. The SMILES string of the molecule is CC/C=C\C/C=C\C/C=C\C/C=C\C/C=C\C/C=C\C/C=C\C/C=C\C/C=C\CCCCCC(=O)OC(CO)COC(=O)CCCCCCCCCCCCCCCCCCCCC. The molecule has 1 atom stereocenters. The van der Waals surface area contributed by atoms with Gasteiger partial charge in [0.2, 0.25) is 0 Å². The Morgan fingerprint density at radius 2 is 0.672 bits per heavy atom. The molecule has 0 radical (unpaired) electrons. The molecule has 0 bridgehead atoms. The first-order valence-electron chi connectivity index (χ1n) is 26.4. The molecule has 0 aliphatic heterocycles. The molecular formula is C59H98O5. The number of esters is 2. The van der Waals surface area contributed by atoms with Crippen LogP contribution in [0.2, 0.25) is 0 Å². The van der Waals surface area contributed by atoms with Crippen LogP contribution < -0.4 is 0 Å². The normalized spacial score (nSPS) is 13.1. The van der Waals surface area contributed by atoms with E-state index in [1.165, 1.54) is 103 Å². The first kappa shape index (κ1) is 60.6. The summed E-state index contributed by atoms with van der Waals surface area (Å²) < 4.78 is 10.7. The number of hydrogen-bond donors (Lipinski definition) is 1. The van der Waals surface area contributed by atoms with Crippen molar-refractivity contribution in [3.05, 3.63) is 109 Å². The molecule has 0 saturated heterocycles. The summed E-state index contributed by atoms with van der Waals surface area (Å²) in [5.41, 5.74) is 0. The average molecular weight is 887 g/mol. The van der Waals surface area contributed by atoms with Crippen LogP contribution in [0.25, 0.3) is 0 Å².